The molecule has 110 valence electrons. The number of β-amino-alcohol motifs (C(OH)–C–C–N with tert-alkyl or cyclic N) is 1. The van der Waals surface area contributed by atoms with Crippen molar-refractivity contribution >= 4 is 11.4 Å². The van der Waals surface area contributed by atoms with E-state index >= 15 is 0 Å². The van der Waals surface area contributed by atoms with Crippen LogP contribution < -0.4 is 9.64 Å². The first-order chi connectivity index (χ1) is 9.65. The molecular weight excluding hydrogens is 262 g/mol. The Labute approximate surface area is 117 Å². The van der Waals surface area contributed by atoms with Gasteiger partial charge in [0.05, 0.1) is 30.4 Å². The van der Waals surface area contributed by atoms with E-state index in [4.69, 9.17) is 9.84 Å². The van der Waals surface area contributed by atoms with Crippen LogP contribution in [0.5, 0.6) is 5.75 Å². The average Bonchev–Trinajstić information content (AvgIpc) is 2.47. The number of rotatable bonds is 5. The molecule has 0 bridgehead atoms. The molecule has 0 unspecified atom stereocenters. The van der Waals surface area contributed by atoms with Gasteiger partial charge in [-0.2, -0.15) is 0 Å². The largest absolute Gasteiger partial charge is 0.494 e. The second-order valence-electron chi connectivity index (χ2n) is 4.67. The summed E-state index contributed by atoms with van der Waals surface area (Å²) < 4.78 is 5.26. The van der Waals surface area contributed by atoms with Crippen LogP contribution in [0.1, 0.15) is 0 Å². The van der Waals surface area contributed by atoms with Crippen LogP contribution >= 0.6 is 0 Å². The monoisotopic (exact) mass is 281 g/mol. The fourth-order valence-electron chi connectivity index (χ4n) is 2.39. The van der Waals surface area contributed by atoms with Gasteiger partial charge in [-0.25, -0.2) is 0 Å². The van der Waals surface area contributed by atoms with Crippen molar-refractivity contribution in [2.45, 2.75) is 0 Å². The van der Waals surface area contributed by atoms with Gasteiger partial charge >= 0.3 is 0 Å². The highest BCUT2D eigenvalue weighted by molar-refractivity contribution is 5.62. The molecule has 1 aromatic rings. The van der Waals surface area contributed by atoms with Crippen molar-refractivity contribution in [3.63, 3.8) is 0 Å². The highest BCUT2D eigenvalue weighted by Gasteiger charge is 2.21. The van der Waals surface area contributed by atoms with E-state index in [9.17, 15) is 10.1 Å². The molecule has 0 aliphatic carbocycles. The number of hydrogen-bond donors (Lipinski definition) is 1. The van der Waals surface area contributed by atoms with E-state index < -0.39 is 4.92 Å². The molecule has 1 saturated heterocycles. The fraction of sp³-hybridized carbons (Fsp3) is 0.538. The fourth-order valence-corrected chi connectivity index (χ4v) is 2.39. The van der Waals surface area contributed by atoms with Crippen molar-refractivity contribution in [3.05, 3.63) is 28.3 Å². The molecule has 7 heteroatoms. The first kappa shape index (κ1) is 14.5. The summed E-state index contributed by atoms with van der Waals surface area (Å²) in [5, 5.41) is 19.7. The average molecular weight is 281 g/mol. The van der Waals surface area contributed by atoms with E-state index in [1.165, 1.54) is 19.2 Å². The summed E-state index contributed by atoms with van der Waals surface area (Å²) in [5.74, 6) is 0.523. The zero-order valence-electron chi connectivity index (χ0n) is 11.5. The van der Waals surface area contributed by atoms with Gasteiger partial charge < -0.3 is 14.7 Å². The number of nitro groups is 1. The Balaban J connectivity index is 2.11. The van der Waals surface area contributed by atoms with Crippen molar-refractivity contribution < 1.29 is 14.8 Å². The Morgan fingerprint density at radius 1 is 1.35 bits per heavy atom. The van der Waals surface area contributed by atoms with E-state index in [0.717, 1.165) is 31.9 Å². The van der Waals surface area contributed by atoms with Gasteiger partial charge in [0.25, 0.3) is 5.69 Å². The van der Waals surface area contributed by atoms with Gasteiger partial charge in [-0.3, -0.25) is 15.0 Å². The maximum absolute atomic E-state index is 10.8. The quantitative estimate of drug-likeness (QED) is 0.633. The minimum absolute atomic E-state index is 0.0320. The lowest BCUT2D eigenvalue weighted by molar-refractivity contribution is -0.384. The molecule has 0 radical (unpaired) electrons. The van der Waals surface area contributed by atoms with Crippen molar-refractivity contribution in [1.29, 1.82) is 0 Å². The summed E-state index contributed by atoms with van der Waals surface area (Å²) in [4.78, 5) is 14.7. The zero-order valence-corrected chi connectivity index (χ0v) is 11.5. The number of ether oxygens (including phenoxy) is 1. The first-order valence-electron chi connectivity index (χ1n) is 6.56. The number of non-ortho nitro benzene ring substituents is 1. The Hall–Kier alpha value is -1.86. The molecule has 0 spiro atoms. The van der Waals surface area contributed by atoms with Crippen LogP contribution in [-0.4, -0.2) is 61.4 Å². The lowest BCUT2D eigenvalue weighted by Gasteiger charge is -2.36. The van der Waals surface area contributed by atoms with Crippen LogP contribution in [0.4, 0.5) is 11.4 Å². The highest BCUT2D eigenvalue weighted by atomic mass is 16.6. The molecule has 7 nitrogen and oxygen atoms in total. The Morgan fingerprint density at radius 3 is 2.60 bits per heavy atom. The Kier molecular flexibility index (Phi) is 4.75. The lowest BCUT2D eigenvalue weighted by Crippen LogP contribution is -2.47. The molecule has 2 rings (SSSR count). The van der Waals surface area contributed by atoms with Gasteiger partial charge in [-0.05, 0) is 6.07 Å². The summed E-state index contributed by atoms with van der Waals surface area (Å²) in [6.45, 7) is 4.20. The van der Waals surface area contributed by atoms with Crippen LogP contribution in [0, 0.1) is 10.1 Å². The molecule has 0 saturated carbocycles. The third-order valence-corrected chi connectivity index (χ3v) is 3.50. The number of nitrogens with zero attached hydrogens (tertiary/aromatic N) is 3. The van der Waals surface area contributed by atoms with Gasteiger partial charge in [0, 0.05) is 38.8 Å². The van der Waals surface area contributed by atoms with Crippen LogP contribution in [0.15, 0.2) is 18.2 Å². The molecule has 20 heavy (non-hydrogen) atoms. The third kappa shape index (κ3) is 3.17. The number of nitro benzene ring substituents is 1. The first-order valence-corrected chi connectivity index (χ1v) is 6.56. The van der Waals surface area contributed by atoms with Crippen LogP contribution in [0.2, 0.25) is 0 Å². The second kappa shape index (κ2) is 6.53. The summed E-state index contributed by atoms with van der Waals surface area (Å²) in [6, 6.07) is 4.69. The Bertz CT molecular complexity index is 473. The Morgan fingerprint density at radius 2 is 2.05 bits per heavy atom. The third-order valence-electron chi connectivity index (χ3n) is 3.50. The van der Waals surface area contributed by atoms with Crippen molar-refractivity contribution in [3.8, 4) is 5.75 Å². The number of aliphatic hydroxyl groups is 1. The van der Waals surface area contributed by atoms with E-state index in [-0.39, 0.29) is 12.3 Å². The van der Waals surface area contributed by atoms with E-state index in [2.05, 4.69) is 9.80 Å². The summed E-state index contributed by atoms with van der Waals surface area (Å²) in [7, 11) is 1.52. The predicted octanol–water partition coefficient (Wildman–Crippen LogP) is 0.718. The smallest absolute Gasteiger partial charge is 0.273 e. The van der Waals surface area contributed by atoms with Crippen molar-refractivity contribution in [2.24, 2.45) is 0 Å². The standard InChI is InChI=1S/C13H19N3O4/c1-20-13-10-11(16(18)19)2-3-12(13)15-6-4-14(5-7-15)8-9-17/h2-3,10,17H,4-9H2,1H3. The van der Waals surface area contributed by atoms with Crippen LogP contribution in [0.25, 0.3) is 0 Å². The van der Waals surface area contributed by atoms with Crippen LogP contribution in [-0.2, 0) is 0 Å². The molecule has 1 aliphatic rings. The van der Waals surface area contributed by atoms with E-state index in [1.807, 2.05) is 0 Å². The van der Waals surface area contributed by atoms with Gasteiger partial charge in [0.15, 0.2) is 0 Å². The SMILES string of the molecule is COc1cc([N+](=O)[O-])ccc1N1CCN(CCO)CC1. The van der Waals surface area contributed by atoms with E-state index in [1.54, 1.807) is 6.07 Å². The van der Waals surface area contributed by atoms with E-state index in [0.29, 0.717) is 12.3 Å². The lowest BCUT2D eigenvalue weighted by atomic mass is 10.2. The predicted molar refractivity (Wildman–Crippen MR) is 75.4 cm³/mol. The van der Waals surface area contributed by atoms with Crippen molar-refractivity contribution in [1.82, 2.24) is 4.90 Å². The highest BCUT2D eigenvalue weighted by Crippen LogP contribution is 2.32. The maximum Gasteiger partial charge on any atom is 0.273 e. The normalized spacial score (nSPS) is 16.2. The molecule has 1 heterocycles. The number of piperazine rings is 1. The number of methoxy groups -OCH3 is 1. The number of aliphatic hydroxyl groups excluding tert-OH is 1. The summed E-state index contributed by atoms with van der Waals surface area (Å²) in [6.07, 6.45) is 0. The molecule has 1 aromatic carbocycles. The summed E-state index contributed by atoms with van der Waals surface area (Å²) >= 11 is 0. The molecule has 0 atom stereocenters. The molecule has 0 aromatic heterocycles. The number of hydrogen-bond acceptors (Lipinski definition) is 6. The number of benzene rings is 1. The minimum Gasteiger partial charge on any atom is -0.494 e. The summed E-state index contributed by atoms with van der Waals surface area (Å²) in [5.41, 5.74) is 0.909. The molecule has 1 N–H and O–H groups in total. The molecule has 0 amide bonds. The van der Waals surface area contributed by atoms with Gasteiger partial charge in [0.2, 0.25) is 0 Å². The van der Waals surface area contributed by atoms with Gasteiger partial charge in [-0.1, -0.05) is 0 Å². The second-order valence-corrected chi connectivity index (χ2v) is 4.67. The van der Waals surface area contributed by atoms with Gasteiger partial charge in [-0.15, -0.1) is 0 Å². The van der Waals surface area contributed by atoms with Crippen LogP contribution in [0.3, 0.4) is 0 Å². The molecular formula is C13H19N3O4. The zero-order chi connectivity index (χ0) is 14.5. The van der Waals surface area contributed by atoms with Gasteiger partial charge in [0.1, 0.15) is 5.75 Å². The molecule has 1 aliphatic heterocycles. The maximum atomic E-state index is 10.8. The topological polar surface area (TPSA) is 79.1 Å². The minimum atomic E-state index is -0.425. The number of anilines is 1. The molecule has 1 fully saturated rings. The van der Waals surface area contributed by atoms with Crippen molar-refractivity contribution in [2.75, 3.05) is 51.3 Å².